The summed E-state index contributed by atoms with van der Waals surface area (Å²) in [6.45, 7) is 2.27. The van der Waals surface area contributed by atoms with Gasteiger partial charge in [-0.3, -0.25) is 0 Å². The first-order valence-corrected chi connectivity index (χ1v) is 9.06. The first-order chi connectivity index (χ1) is 13.8. The van der Waals surface area contributed by atoms with Crippen molar-refractivity contribution in [1.82, 2.24) is 5.32 Å². The predicted octanol–water partition coefficient (Wildman–Crippen LogP) is 2.13. The zero-order chi connectivity index (χ0) is 21.4. The lowest BCUT2D eigenvalue weighted by molar-refractivity contribution is -0.167. The van der Waals surface area contributed by atoms with E-state index in [4.69, 9.17) is 14.6 Å². The number of esters is 1. The maximum absolute atomic E-state index is 11.6. The van der Waals surface area contributed by atoms with Gasteiger partial charge in [-0.25, -0.2) is 9.59 Å². The van der Waals surface area contributed by atoms with Gasteiger partial charge in [0.05, 0.1) is 6.61 Å². The zero-order valence-corrected chi connectivity index (χ0v) is 16.3. The molecular weight excluding hydrogens is 378 g/mol. The van der Waals surface area contributed by atoms with Crippen LogP contribution >= 0.6 is 0 Å². The molecule has 2 aromatic carbocycles. The highest BCUT2D eigenvalue weighted by Gasteiger charge is 2.23. The Kier molecular flexibility index (Phi) is 7.99. The molecule has 0 aliphatic heterocycles. The molecule has 0 heterocycles. The van der Waals surface area contributed by atoms with Crippen molar-refractivity contribution in [1.29, 1.82) is 0 Å². The Morgan fingerprint density at radius 1 is 1.10 bits per heavy atom. The van der Waals surface area contributed by atoms with Crippen LogP contribution in [-0.4, -0.2) is 47.0 Å². The van der Waals surface area contributed by atoms with Crippen molar-refractivity contribution in [2.75, 3.05) is 13.7 Å². The summed E-state index contributed by atoms with van der Waals surface area (Å²) in [7, 11) is 1.49. The van der Waals surface area contributed by atoms with Crippen LogP contribution in [0.25, 0.3) is 0 Å². The van der Waals surface area contributed by atoms with Crippen LogP contribution in [0.5, 0.6) is 11.5 Å². The summed E-state index contributed by atoms with van der Waals surface area (Å²) in [5.74, 6) is -2.81. The smallest absolute Gasteiger partial charge is 0.417 e. The number of aliphatic carboxylic acids is 1. The highest BCUT2D eigenvalue weighted by molar-refractivity contribution is 6.28. The van der Waals surface area contributed by atoms with E-state index in [9.17, 15) is 19.8 Å². The number of carbonyl (C=O) groups excluding carboxylic acids is 1. The third-order valence-corrected chi connectivity index (χ3v) is 4.33. The number of benzene rings is 2. The molecule has 2 unspecified atom stereocenters. The monoisotopic (exact) mass is 403 g/mol. The second kappa shape index (κ2) is 10.4. The first-order valence-electron chi connectivity index (χ1n) is 9.06. The van der Waals surface area contributed by atoms with Gasteiger partial charge in [-0.1, -0.05) is 18.2 Å². The molecule has 0 amide bonds. The lowest BCUT2D eigenvalue weighted by Gasteiger charge is -2.22. The number of carbonyl (C=O) groups is 2. The van der Waals surface area contributed by atoms with Crippen molar-refractivity contribution in [3.05, 3.63) is 59.2 Å². The molecule has 0 fully saturated rings. The molecule has 0 saturated carbocycles. The van der Waals surface area contributed by atoms with Gasteiger partial charge >= 0.3 is 11.9 Å². The van der Waals surface area contributed by atoms with E-state index < -0.39 is 18.0 Å². The Balaban J connectivity index is 2.11. The Bertz CT molecular complexity index is 835. The van der Waals surface area contributed by atoms with Crippen LogP contribution in [0.2, 0.25) is 0 Å². The molecule has 0 aromatic heterocycles. The lowest BCUT2D eigenvalue weighted by atomic mass is 10.0. The maximum Gasteiger partial charge on any atom is 0.417 e. The number of ether oxygens (including phenoxy) is 2. The Labute approximate surface area is 168 Å². The summed E-state index contributed by atoms with van der Waals surface area (Å²) in [5, 5.41) is 31.4. The number of aromatic hydroxyl groups is 2. The summed E-state index contributed by atoms with van der Waals surface area (Å²) < 4.78 is 10.2. The van der Waals surface area contributed by atoms with Crippen LogP contribution < -0.4 is 5.32 Å². The van der Waals surface area contributed by atoms with Gasteiger partial charge in [-0.05, 0) is 48.7 Å². The average molecular weight is 403 g/mol. The third-order valence-electron chi connectivity index (χ3n) is 4.33. The quantitative estimate of drug-likeness (QED) is 0.371. The topological polar surface area (TPSA) is 125 Å². The van der Waals surface area contributed by atoms with Gasteiger partial charge in [0.25, 0.3) is 0 Å². The second-order valence-corrected chi connectivity index (χ2v) is 6.70. The SMILES string of the molecule is COCc1cc(C(CNC(C)Cc2ccc(O)cc2)OC(=O)C(=O)O)ccc1O. The number of hydrogen-bond acceptors (Lipinski definition) is 7. The molecule has 8 heteroatoms. The van der Waals surface area contributed by atoms with Gasteiger partial charge in [0.1, 0.15) is 17.6 Å². The molecular formula is C21H25NO7. The van der Waals surface area contributed by atoms with Gasteiger partial charge in [0.15, 0.2) is 0 Å². The number of hydrogen-bond donors (Lipinski definition) is 4. The molecule has 0 aliphatic carbocycles. The van der Waals surface area contributed by atoms with Gasteiger partial charge in [0, 0.05) is 25.3 Å². The molecule has 2 atom stereocenters. The fraction of sp³-hybridized carbons (Fsp3) is 0.333. The summed E-state index contributed by atoms with van der Waals surface area (Å²) >= 11 is 0. The van der Waals surface area contributed by atoms with Crippen molar-refractivity contribution < 1.29 is 34.4 Å². The van der Waals surface area contributed by atoms with E-state index in [1.54, 1.807) is 24.3 Å². The second-order valence-electron chi connectivity index (χ2n) is 6.70. The van der Waals surface area contributed by atoms with Crippen LogP contribution in [0.1, 0.15) is 29.7 Å². The number of rotatable bonds is 9. The zero-order valence-electron chi connectivity index (χ0n) is 16.3. The maximum atomic E-state index is 11.6. The van der Waals surface area contributed by atoms with Crippen molar-refractivity contribution in [2.24, 2.45) is 0 Å². The molecule has 8 nitrogen and oxygen atoms in total. The molecule has 156 valence electrons. The Morgan fingerprint density at radius 3 is 2.41 bits per heavy atom. The number of phenols is 2. The van der Waals surface area contributed by atoms with E-state index in [0.717, 1.165) is 5.56 Å². The lowest BCUT2D eigenvalue weighted by Crippen LogP contribution is -2.34. The third kappa shape index (κ3) is 6.78. The van der Waals surface area contributed by atoms with Crippen LogP contribution in [0.15, 0.2) is 42.5 Å². The van der Waals surface area contributed by atoms with Crippen LogP contribution in [0.3, 0.4) is 0 Å². The highest BCUT2D eigenvalue weighted by atomic mass is 16.6. The number of methoxy groups -OCH3 is 1. The van der Waals surface area contributed by atoms with E-state index >= 15 is 0 Å². The van der Waals surface area contributed by atoms with Crippen LogP contribution in [0, 0.1) is 0 Å². The van der Waals surface area contributed by atoms with E-state index in [0.29, 0.717) is 17.5 Å². The number of carboxylic acids is 1. The minimum absolute atomic E-state index is 0.0128. The van der Waals surface area contributed by atoms with E-state index in [2.05, 4.69) is 5.32 Å². The fourth-order valence-corrected chi connectivity index (χ4v) is 2.85. The molecule has 29 heavy (non-hydrogen) atoms. The molecule has 0 aliphatic rings. The molecule has 0 spiro atoms. The van der Waals surface area contributed by atoms with Gasteiger partial charge < -0.3 is 30.1 Å². The normalized spacial score (nSPS) is 12.9. The van der Waals surface area contributed by atoms with Crippen molar-refractivity contribution in [3.8, 4) is 11.5 Å². The predicted molar refractivity (Wildman–Crippen MR) is 105 cm³/mol. The van der Waals surface area contributed by atoms with Crippen molar-refractivity contribution >= 4 is 11.9 Å². The van der Waals surface area contributed by atoms with Gasteiger partial charge in [-0.2, -0.15) is 0 Å². The Hall–Kier alpha value is -3.10. The van der Waals surface area contributed by atoms with Crippen LogP contribution in [0.4, 0.5) is 0 Å². The van der Waals surface area contributed by atoms with Gasteiger partial charge in [0.2, 0.25) is 0 Å². The standard InChI is InChI=1S/C21H25NO7/c1-13(9-14-3-6-17(23)7-4-14)22-11-19(29-21(27)20(25)26)15-5-8-18(24)16(10-15)12-28-2/h3-8,10,13,19,22-24H,9,11-12H2,1-2H3,(H,25,26). The number of phenolic OH excluding ortho intramolecular Hbond substituents is 2. The van der Waals surface area contributed by atoms with E-state index in [1.807, 2.05) is 19.1 Å². The summed E-state index contributed by atoms with van der Waals surface area (Å²) in [6, 6.07) is 11.5. The number of carboxylic acid groups (broad SMARTS) is 1. The molecule has 0 radical (unpaired) electrons. The first kappa shape index (κ1) is 22.2. The molecule has 2 aromatic rings. The molecule has 4 N–H and O–H groups in total. The average Bonchev–Trinajstić information content (AvgIpc) is 2.68. The summed E-state index contributed by atoms with van der Waals surface area (Å²) in [4.78, 5) is 22.5. The minimum Gasteiger partial charge on any atom is -0.508 e. The van der Waals surface area contributed by atoms with E-state index in [1.165, 1.54) is 13.2 Å². The van der Waals surface area contributed by atoms with Crippen molar-refractivity contribution in [2.45, 2.75) is 32.1 Å². The largest absolute Gasteiger partial charge is 0.508 e. The number of nitrogens with one attached hydrogen (secondary N) is 1. The van der Waals surface area contributed by atoms with Gasteiger partial charge in [-0.15, -0.1) is 0 Å². The Morgan fingerprint density at radius 2 is 1.79 bits per heavy atom. The van der Waals surface area contributed by atoms with Crippen LogP contribution in [-0.2, 0) is 32.1 Å². The molecule has 0 saturated heterocycles. The van der Waals surface area contributed by atoms with Crippen molar-refractivity contribution in [3.63, 3.8) is 0 Å². The fourth-order valence-electron chi connectivity index (χ4n) is 2.85. The molecule has 0 bridgehead atoms. The van der Waals surface area contributed by atoms with E-state index in [-0.39, 0.29) is 30.7 Å². The minimum atomic E-state index is -1.68. The highest BCUT2D eigenvalue weighted by Crippen LogP contribution is 2.25. The molecule has 2 rings (SSSR count). The summed E-state index contributed by atoms with van der Waals surface area (Å²) in [6.07, 6.45) is -0.207. The summed E-state index contributed by atoms with van der Waals surface area (Å²) in [5.41, 5.74) is 2.04.